The molecular formula is C16H12F6O3. The van der Waals surface area contributed by atoms with Gasteiger partial charge in [-0.2, -0.15) is 0 Å². The van der Waals surface area contributed by atoms with Gasteiger partial charge in [0.15, 0.2) is 0 Å². The van der Waals surface area contributed by atoms with Gasteiger partial charge in [0, 0.05) is 11.1 Å². The standard InChI is InChI=1S/C16H12F6O3/c17-15(18,19)24-13-7-3-1-5-11(13)9-23-10-12-6-2-4-8-14(12)25-16(20,21)22/h1-8H,9-10H2. The van der Waals surface area contributed by atoms with Gasteiger partial charge in [0.2, 0.25) is 0 Å². The Kier molecular flexibility index (Phi) is 5.78. The van der Waals surface area contributed by atoms with Crippen LogP contribution in [0.25, 0.3) is 0 Å². The van der Waals surface area contributed by atoms with Crippen LogP contribution in [0.1, 0.15) is 11.1 Å². The summed E-state index contributed by atoms with van der Waals surface area (Å²) in [7, 11) is 0. The summed E-state index contributed by atoms with van der Waals surface area (Å²) < 4.78 is 87.0. The van der Waals surface area contributed by atoms with Gasteiger partial charge < -0.3 is 14.2 Å². The number of hydrogen-bond donors (Lipinski definition) is 0. The quantitative estimate of drug-likeness (QED) is 0.658. The molecule has 2 aromatic rings. The van der Waals surface area contributed by atoms with E-state index < -0.39 is 24.2 Å². The van der Waals surface area contributed by atoms with E-state index in [-0.39, 0.29) is 24.3 Å². The predicted molar refractivity (Wildman–Crippen MR) is 74.7 cm³/mol. The molecule has 2 aromatic carbocycles. The van der Waals surface area contributed by atoms with E-state index in [0.29, 0.717) is 0 Å². The molecule has 0 saturated heterocycles. The van der Waals surface area contributed by atoms with Gasteiger partial charge >= 0.3 is 12.7 Å². The summed E-state index contributed by atoms with van der Waals surface area (Å²) in [4.78, 5) is 0. The second-order valence-corrected chi connectivity index (χ2v) is 4.80. The fourth-order valence-corrected chi connectivity index (χ4v) is 1.97. The van der Waals surface area contributed by atoms with Crippen LogP contribution in [0.15, 0.2) is 48.5 Å². The number of halogens is 6. The zero-order valence-corrected chi connectivity index (χ0v) is 12.5. The second kappa shape index (κ2) is 7.64. The Bertz CT molecular complexity index is 637. The third kappa shape index (κ3) is 6.54. The fourth-order valence-electron chi connectivity index (χ4n) is 1.97. The lowest BCUT2D eigenvalue weighted by molar-refractivity contribution is -0.275. The SMILES string of the molecule is FC(F)(F)Oc1ccccc1COCc1ccccc1OC(F)(F)F. The van der Waals surface area contributed by atoms with E-state index >= 15 is 0 Å². The van der Waals surface area contributed by atoms with Crippen LogP contribution < -0.4 is 9.47 Å². The van der Waals surface area contributed by atoms with Crippen LogP contribution >= 0.6 is 0 Å². The van der Waals surface area contributed by atoms with Crippen molar-refractivity contribution in [2.75, 3.05) is 0 Å². The topological polar surface area (TPSA) is 27.7 Å². The largest absolute Gasteiger partial charge is 0.573 e. The molecule has 0 bridgehead atoms. The van der Waals surface area contributed by atoms with E-state index in [0.717, 1.165) is 12.1 Å². The van der Waals surface area contributed by atoms with Crippen LogP contribution in [0.3, 0.4) is 0 Å². The van der Waals surface area contributed by atoms with Crippen LogP contribution in [0.4, 0.5) is 26.3 Å². The average Bonchev–Trinajstić information content (AvgIpc) is 2.48. The Hall–Kier alpha value is -2.42. The van der Waals surface area contributed by atoms with Crippen molar-refractivity contribution < 1.29 is 40.6 Å². The van der Waals surface area contributed by atoms with Crippen LogP contribution in [-0.4, -0.2) is 12.7 Å². The summed E-state index contributed by atoms with van der Waals surface area (Å²) in [6, 6.07) is 10.7. The Morgan fingerprint density at radius 2 is 0.960 bits per heavy atom. The molecule has 0 aliphatic rings. The normalized spacial score (nSPS) is 12.1. The van der Waals surface area contributed by atoms with Crippen molar-refractivity contribution in [2.24, 2.45) is 0 Å². The zero-order chi connectivity index (χ0) is 18.5. The molecule has 2 rings (SSSR count). The molecule has 0 unspecified atom stereocenters. The van der Waals surface area contributed by atoms with Crippen molar-refractivity contribution in [1.29, 1.82) is 0 Å². The highest BCUT2D eigenvalue weighted by Crippen LogP contribution is 2.29. The third-order valence-electron chi connectivity index (χ3n) is 2.91. The molecular weight excluding hydrogens is 354 g/mol. The summed E-state index contributed by atoms with van der Waals surface area (Å²) in [6.07, 6.45) is -9.72. The van der Waals surface area contributed by atoms with Crippen LogP contribution in [0.5, 0.6) is 11.5 Å². The highest BCUT2D eigenvalue weighted by Gasteiger charge is 2.32. The Morgan fingerprint density at radius 1 is 0.600 bits per heavy atom. The summed E-state index contributed by atoms with van der Waals surface area (Å²) in [6.45, 7) is -0.570. The maximum atomic E-state index is 12.3. The third-order valence-corrected chi connectivity index (χ3v) is 2.91. The van der Waals surface area contributed by atoms with Crippen LogP contribution in [-0.2, 0) is 18.0 Å². The van der Waals surface area contributed by atoms with Crippen molar-refractivity contribution >= 4 is 0 Å². The van der Waals surface area contributed by atoms with Gasteiger partial charge in [-0.15, -0.1) is 26.3 Å². The smallest absolute Gasteiger partial charge is 0.405 e. The molecule has 136 valence electrons. The number of para-hydroxylation sites is 2. The first kappa shape index (κ1) is 18.9. The van der Waals surface area contributed by atoms with Crippen molar-refractivity contribution in [3.8, 4) is 11.5 Å². The summed E-state index contributed by atoms with van der Waals surface area (Å²) in [5, 5.41) is 0. The highest BCUT2D eigenvalue weighted by molar-refractivity contribution is 5.34. The van der Waals surface area contributed by atoms with Crippen molar-refractivity contribution in [3.05, 3.63) is 59.7 Å². The number of hydrogen-bond acceptors (Lipinski definition) is 3. The summed E-state index contributed by atoms with van der Waals surface area (Å²) in [5.74, 6) is -0.871. The van der Waals surface area contributed by atoms with Crippen molar-refractivity contribution in [1.82, 2.24) is 0 Å². The van der Waals surface area contributed by atoms with Gasteiger partial charge in [-0.25, -0.2) is 0 Å². The van der Waals surface area contributed by atoms with E-state index in [1.54, 1.807) is 0 Å². The molecule has 0 radical (unpaired) electrons. The number of alkyl halides is 6. The van der Waals surface area contributed by atoms with Gasteiger partial charge in [0.05, 0.1) is 13.2 Å². The van der Waals surface area contributed by atoms with E-state index in [9.17, 15) is 26.3 Å². The second-order valence-electron chi connectivity index (χ2n) is 4.80. The van der Waals surface area contributed by atoms with E-state index in [1.165, 1.54) is 36.4 Å². The molecule has 0 heterocycles. The minimum Gasteiger partial charge on any atom is -0.405 e. The zero-order valence-electron chi connectivity index (χ0n) is 12.5. The minimum atomic E-state index is -4.86. The molecule has 0 spiro atoms. The molecule has 0 fully saturated rings. The molecule has 25 heavy (non-hydrogen) atoms. The van der Waals surface area contributed by atoms with Crippen molar-refractivity contribution in [3.63, 3.8) is 0 Å². The lowest BCUT2D eigenvalue weighted by atomic mass is 10.2. The lowest BCUT2D eigenvalue weighted by Crippen LogP contribution is -2.18. The summed E-state index contributed by atoms with van der Waals surface area (Å²) >= 11 is 0. The Labute approximate surface area is 138 Å². The Morgan fingerprint density at radius 3 is 1.32 bits per heavy atom. The molecule has 0 atom stereocenters. The molecule has 0 amide bonds. The van der Waals surface area contributed by atoms with Gasteiger partial charge in [-0.1, -0.05) is 36.4 Å². The lowest BCUT2D eigenvalue weighted by Gasteiger charge is -2.15. The maximum absolute atomic E-state index is 12.3. The van der Waals surface area contributed by atoms with Gasteiger partial charge in [-0.3, -0.25) is 0 Å². The molecule has 0 saturated carbocycles. The molecule has 0 aliphatic heterocycles. The maximum Gasteiger partial charge on any atom is 0.573 e. The van der Waals surface area contributed by atoms with Gasteiger partial charge in [0.25, 0.3) is 0 Å². The molecule has 0 aromatic heterocycles. The van der Waals surface area contributed by atoms with E-state index in [4.69, 9.17) is 4.74 Å². The van der Waals surface area contributed by atoms with Crippen LogP contribution in [0, 0.1) is 0 Å². The predicted octanol–water partition coefficient (Wildman–Crippen LogP) is 5.20. The molecule has 3 nitrogen and oxygen atoms in total. The minimum absolute atomic E-state index is 0.106. The average molecular weight is 366 g/mol. The molecule has 0 aliphatic carbocycles. The van der Waals surface area contributed by atoms with Gasteiger partial charge in [-0.05, 0) is 12.1 Å². The number of ether oxygens (including phenoxy) is 3. The van der Waals surface area contributed by atoms with E-state index in [1.807, 2.05) is 0 Å². The first-order valence-corrected chi connectivity index (χ1v) is 6.89. The molecule has 9 heteroatoms. The molecule has 0 N–H and O–H groups in total. The summed E-state index contributed by atoms with van der Waals surface area (Å²) in [5.41, 5.74) is 0.211. The first-order chi connectivity index (χ1) is 11.6. The van der Waals surface area contributed by atoms with Crippen molar-refractivity contribution in [2.45, 2.75) is 25.9 Å². The van der Waals surface area contributed by atoms with E-state index in [2.05, 4.69) is 9.47 Å². The number of rotatable bonds is 6. The van der Waals surface area contributed by atoms with Crippen LogP contribution in [0.2, 0.25) is 0 Å². The fraction of sp³-hybridized carbons (Fsp3) is 0.250. The Balaban J connectivity index is 2.03. The number of benzene rings is 2. The first-order valence-electron chi connectivity index (χ1n) is 6.89. The monoisotopic (exact) mass is 366 g/mol. The van der Waals surface area contributed by atoms with Gasteiger partial charge in [0.1, 0.15) is 11.5 Å². The highest BCUT2D eigenvalue weighted by atomic mass is 19.4.